The van der Waals surface area contributed by atoms with E-state index in [0.717, 1.165) is 11.4 Å². The molecule has 1 heterocycles. The fourth-order valence-corrected chi connectivity index (χ4v) is 2.28. The monoisotopic (exact) mass is 267 g/mol. The van der Waals surface area contributed by atoms with Crippen LogP contribution in [0.2, 0.25) is 18.1 Å². The van der Waals surface area contributed by atoms with Crippen LogP contribution in [0.5, 0.6) is 0 Å². The van der Waals surface area contributed by atoms with E-state index in [0.29, 0.717) is 13.0 Å². The Hall–Kier alpha value is -0.713. The third kappa shape index (κ3) is 4.19. The minimum absolute atomic E-state index is 0.138. The van der Waals surface area contributed by atoms with Gasteiger partial charge in [-0.15, -0.1) is 0 Å². The number of aliphatic hydroxyl groups excluding tert-OH is 1. The fraction of sp³-hybridized carbons (Fsp3) is 0.643. The standard InChI is InChI=1S/C14H25NO2Si/c1-14(2,3)18(4,5)17-11-13-8-6-7-12(15-13)9-10-16/h6-8,16H,9-11H2,1-5H3. The van der Waals surface area contributed by atoms with Crippen LogP contribution in [0, 0.1) is 0 Å². The third-order valence-corrected chi connectivity index (χ3v) is 8.10. The van der Waals surface area contributed by atoms with Gasteiger partial charge in [0.1, 0.15) is 0 Å². The molecule has 0 amide bonds. The van der Waals surface area contributed by atoms with Crippen LogP contribution < -0.4 is 0 Å². The van der Waals surface area contributed by atoms with Crippen LogP contribution in [0.1, 0.15) is 32.2 Å². The van der Waals surface area contributed by atoms with Gasteiger partial charge in [-0.25, -0.2) is 0 Å². The molecule has 1 N–H and O–H groups in total. The maximum Gasteiger partial charge on any atom is 0.192 e. The van der Waals surface area contributed by atoms with Crippen molar-refractivity contribution in [2.24, 2.45) is 0 Å². The number of nitrogens with zero attached hydrogens (tertiary/aromatic N) is 1. The van der Waals surface area contributed by atoms with E-state index in [2.05, 4.69) is 38.8 Å². The zero-order valence-electron chi connectivity index (χ0n) is 12.2. The van der Waals surface area contributed by atoms with Crippen LogP contribution in [0.4, 0.5) is 0 Å². The summed E-state index contributed by atoms with van der Waals surface area (Å²) in [6.07, 6.45) is 0.605. The Morgan fingerprint density at radius 1 is 1.22 bits per heavy atom. The molecule has 0 aliphatic rings. The van der Waals surface area contributed by atoms with Crippen molar-refractivity contribution in [1.29, 1.82) is 0 Å². The van der Waals surface area contributed by atoms with Crippen LogP contribution in [0.3, 0.4) is 0 Å². The van der Waals surface area contributed by atoms with Crippen molar-refractivity contribution in [2.45, 2.75) is 51.9 Å². The lowest BCUT2D eigenvalue weighted by Gasteiger charge is -2.36. The lowest BCUT2D eigenvalue weighted by atomic mass is 10.2. The molecule has 0 bridgehead atoms. The van der Waals surface area contributed by atoms with E-state index in [9.17, 15) is 0 Å². The van der Waals surface area contributed by atoms with Crippen LogP contribution in [0.25, 0.3) is 0 Å². The fourth-order valence-electron chi connectivity index (χ4n) is 1.33. The van der Waals surface area contributed by atoms with Crippen molar-refractivity contribution in [2.75, 3.05) is 6.61 Å². The van der Waals surface area contributed by atoms with Gasteiger partial charge in [0.2, 0.25) is 0 Å². The summed E-state index contributed by atoms with van der Waals surface area (Å²) in [6.45, 7) is 11.9. The van der Waals surface area contributed by atoms with E-state index >= 15 is 0 Å². The van der Waals surface area contributed by atoms with Gasteiger partial charge in [0.15, 0.2) is 8.32 Å². The molecule has 0 aliphatic heterocycles. The molecule has 0 saturated carbocycles. The maximum absolute atomic E-state index is 8.91. The first kappa shape index (κ1) is 15.3. The van der Waals surface area contributed by atoms with E-state index in [-0.39, 0.29) is 11.6 Å². The highest BCUT2D eigenvalue weighted by Crippen LogP contribution is 2.36. The minimum Gasteiger partial charge on any atom is -0.411 e. The molecule has 0 aromatic carbocycles. The quantitative estimate of drug-likeness (QED) is 0.833. The van der Waals surface area contributed by atoms with Gasteiger partial charge >= 0.3 is 0 Å². The Bertz CT molecular complexity index is 386. The zero-order valence-corrected chi connectivity index (χ0v) is 13.2. The van der Waals surface area contributed by atoms with E-state index in [1.165, 1.54) is 0 Å². The summed E-state index contributed by atoms with van der Waals surface area (Å²) >= 11 is 0. The molecule has 1 aromatic heterocycles. The molecule has 0 radical (unpaired) electrons. The molecular formula is C14H25NO2Si. The number of rotatable bonds is 5. The highest BCUT2D eigenvalue weighted by Gasteiger charge is 2.37. The number of aromatic nitrogens is 1. The molecule has 3 nitrogen and oxygen atoms in total. The summed E-state index contributed by atoms with van der Waals surface area (Å²) in [7, 11) is -1.71. The average molecular weight is 267 g/mol. The van der Waals surface area contributed by atoms with Gasteiger partial charge in [-0.05, 0) is 30.3 Å². The van der Waals surface area contributed by atoms with Crippen LogP contribution >= 0.6 is 0 Å². The Morgan fingerprint density at radius 3 is 2.39 bits per heavy atom. The van der Waals surface area contributed by atoms with Gasteiger partial charge in [-0.3, -0.25) is 4.98 Å². The number of aliphatic hydroxyl groups is 1. The van der Waals surface area contributed by atoms with Gasteiger partial charge in [0, 0.05) is 18.7 Å². The lowest BCUT2D eigenvalue weighted by molar-refractivity contribution is 0.270. The molecule has 1 aromatic rings. The highest BCUT2D eigenvalue weighted by atomic mass is 28.4. The first-order valence-corrected chi connectivity index (χ1v) is 9.37. The zero-order chi connectivity index (χ0) is 13.8. The summed E-state index contributed by atoms with van der Waals surface area (Å²) in [5.41, 5.74) is 1.87. The first-order valence-electron chi connectivity index (χ1n) is 6.46. The number of pyridine rings is 1. The van der Waals surface area contributed by atoms with Gasteiger partial charge < -0.3 is 9.53 Å². The third-order valence-electron chi connectivity index (χ3n) is 3.62. The smallest absolute Gasteiger partial charge is 0.192 e. The van der Waals surface area contributed by atoms with E-state index in [4.69, 9.17) is 9.53 Å². The SMILES string of the molecule is CC(C)(C)[Si](C)(C)OCc1cccc(CCO)n1. The van der Waals surface area contributed by atoms with Gasteiger partial charge in [-0.1, -0.05) is 26.8 Å². The van der Waals surface area contributed by atoms with Crippen LogP contribution in [-0.2, 0) is 17.5 Å². The van der Waals surface area contributed by atoms with Crippen molar-refractivity contribution in [1.82, 2.24) is 4.98 Å². The highest BCUT2D eigenvalue weighted by molar-refractivity contribution is 6.74. The Balaban J connectivity index is 2.66. The summed E-state index contributed by atoms with van der Waals surface area (Å²) in [5, 5.41) is 9.13. The molecule has 0 saturated heterocycles. The average Bonchev–Trinajstić information content (AvgIpc) is 2.26. The van der Waals surface area contributed by atoms with Crippen molar-refractivity contribution in [3.8, 4) is 0 Å². The Kier molecular flexibility index (Phi) is 5.07. The van der Waals surface area contributed by atoms with E-state index < -0.39 is 8.32 Å². The molecule has 0 unspecified atom stereocenters. The largest absolute Gasteiger partial charge is 0.411 e. The number of hydrogen-bond acceptors (Lipinski definition) is 3. The van der Waals surface area contributed by atoms with Gasteiger partial charge in [-0.2, -0.15) is 0 Å². The predicted molar refractivity (Wildman–Crippen MR) is 77.0 cm³/mol. The number of hydrogen-bond donors (Lipinski definition) is 1. The minimum atomic E-state index is -1.71. The summed E-state index contributed by atoms with van der Waals surface area (Å²) in [4.78, 5) is 4.48. The Labute approximate surface area is 111 Å². The Morgan fingerprint density at radius 2 is 1.83 bits per heavy atom. The summed E-state index contributed by atoms with van der Waals surface area (Å²) in [5.74, 6) is 0. The molecular weight excluding hydrogens is 242 g/mol. The summed E-state index contributed by atoms with van der Waals surface area (Å²) < 4.78 is 6.13. The summed E-state index contributed by atoms with van der Waals surface area (Å²) in [6, 6.07) is 5.89. The second kappa shape index (κ2) is 5.95. The topological polar surface area (TPSA) is 42.4 Å². The van der Waals surface area contributed by atoms with E-state index in [1.54, 1.807) is 0 Å². The van der Waals surface area contributed by atoms with Crippen molar-refractivity contribution >= 4 is 8.32 Å². The van der Waals surface area contributed by atoms with Crippen LogP contribution in [0.15, 0.2) is 18.2 Å². The molecule has 18 heavy (non-hydrogen) atoms. The van der Waals surface area contributed by atoms with E-state index in [1.807, 2.05) is 18.2 Å². The molecule has 1 rings (SSSR count). The molecule has 0 atom stereocenters. The van der Waals surface area contributed by atoms with Crippen LogP contribution in [-0.4, -0.2) is 25.0 Å². The molecule has 4 heteroatoms. The molecule has 0 aliphatic carbocycles. The second-order valence-electron chi connectivity index (χ2n) is 6.14. The lowest BCUT2D eigenvalue weighted by Crippen LogP contribution is -2.40. The normalized spacial score (nSPS) is 12.8. The maximum atomic E-state index is 8.91. The second-order valence-corrected chi connectivity index (χ2v) is 11.0. The van der Waals surface area contributed by atoms with Crippen molar-refractivity contribution < 1.29 is 9.53 Å². The molecule has 0 spiro atoms. The van der Waals surface area contributed by atoms with Gasteiger partial charge in [0.05, 0.1) is 12.3 Å². The van der Waals surface area contributed by atoms with Crippen molar-refractivity contribution in [3.63, 3.8) is 0 Å². The van der Waals surface area contributed by atoms with Crippen molar-refractivity contribution in [3.05, 3.63) is 29.6 Å². The molecule has 0 fully saturated rings. The first-order chi connectivity index (χ1) is 8.26. The predicted octanol–water partition coefficient (Wildman–Crippen LogP) is 3.14. The molecule has 102 valence electrons. The van der Waals surface area contributed by atoms with Gasteiger partial charge in [0.25, 0.3) is 0 Å².